The van der Waals surface area contributed by atoms with Gasteiger partial charge in [0.1, 0.15) is 16.4 Å². The Morgan fingerprint density at radius 3 is 2.45 bits per heavy atom. The average molecular weight is 362 g/mol. The minimum Gasteiger partial charge on any atom is -0.497 e. The normalized spacial score (nSPS) is 11.7. The number of benzene rings is 1. The summed E-state index contributed by atoms with van der Waals surface area (Å²) in [5.41, 5.74) is 0. The van der Waals surface area contributed by atoms with Crippen LogP contribution in [0.5, 0.6) is 11.5 Å². The Morgan fingerprint density at radius 2 is 1.91 bits per heavy atom. The number of hydrogen-bond acceptors (Lipinski definition) is 5. The Labute approximate surface area is 139 Å². The lowest BCUT2D eigenvalue weighted by Crippen LogP contribution is -2.26. The number of sulfonamides is 1. The number of thiophene rings is 1. The monoisotopic (exact) mass is 361 g/mol. The predicted octanol–water partition coefficient (Wildman–Crippen LogP) is 3.24. The molecule has 0 radical (unpaired) electrons. The molecule has 0 aliphatic rings. The van der Waals surface area contributed by atoms with Gasteiger partial charge in [-0.15, -0.1) is 11.3 Å². The van der Waals surface area contributed by atoms with Crippen molar-refractivity contribution in [2.75, 3.05) is 21.3 Å². The summed E-state index contributed by atoms with van der Waals surface area (Å²) < 4.78 is 37.6. The minimum atomic E-state index is -3.71. The van der Waals surface area contributed by atoms with Crippen molar-refractivity contribution in [2.24, 2.45) is 0 Å². The second kappa shape index (κ2) is 6.87. The second-order valence-corrected chi connectivity index (χ2v) is 8.30. The molecule has 0 aliphatic heterocycles. The van der Waals surface area contributed by atoms with E-state index in [-0.39, 0.29) is 17.2 Å². The van der Waals surface area contributed by atoms with E-state index in [0.29, 0.717) is 10.1 Å². The van der Waals surface area contributed by atoms with E-state index < -0.39 is 10.0 Å². The Kier molecular flexibility index (Phi) is 5.33. The maximum atomic E-state index is 12.8. The van der Waals surface area contributed by atoms with Crippen LogP contribution in [0.25, 0.3) is 0 Å². The highest BCUT2D eigenvalue weighted by molar-refractivity contribution is 7.89. The summed E-state index contributed by atoms with van der Waals surface area (Å²) in [4.78, 5) is 0.928. The Hall–Kier alpha value is -1.28. The summed E-state index contributed by atoms with van der Waals surface area (Å²) in [5, 5.41) is 0. The Morgan fingerprint density at radius 1 is 1.18 bits per heavy atom. The first-order chi connectivity index (χ1) is 10.4. The van der Waals surface area contributed by atoms with Crippen LogP contribution in [0.2, 0.25) is 4.34 Å². The molecule has 1 aromatic carbocycles. The molecule has 0 bridgehead atoms. The summed E-state index contributed by atoms with van der Waals surface area (Å²) in [5.74, 6) is 0.726. The van der Waals surface area contributed by atoms with E-state index in [1.54, 1.807) is 18.2 Å². The van der Waals surface area contributed by atoms with Crippen LogP contribution in [0.3, 0.4) is 0 Å². The topological polar surface area (TPSA) is 55.8 Å². The molecule has 0 N–H and O–H groups in total. The molecular formula is C14H16ClNO4S2. The van der Waals surface area contributed by atoms with Gasteiger partial charge in [0, 0.05) is 24.5 Å². The number of hydrogen-bond donors (Lipinski definition) is 0. The van der Waals surface area contributed by atoms with E-state index in [2.05, 4.69) is 0 Å². The summed E-state index contributed by atoms with van der Waals surface area (Å²) in [7, 11) is 0.717. The smallest absolute Gasteiger partial charge is 0.246 e. The van der Waals surface area contributed by atoms with Gasteiger partial charge in [-0.2, -0.15) is 4.31 Å². The fraction of sp³-hybridized carbons (Fsp3) is 0.286. The molecule has 0 aliphatic carbocycles. The zero-order valence-electron chi connectivity index (χ0n) is 12.4. The molecule has 0 unspecified atom stereocenters. The van der Waals surface area contributed by atoms with Gasteiger partial charge >= 0.3 is 0 Å². The van der Waals surface area contributed by atoms with Crippen molar-refractivity contribution in [3.8, 4) is 11.5 Å². The molecule has 0 saturated heterocycles. The molecule has 120 valence electrons. The zero-order chi connectivity index (χ0) is 16.3. The predicted molar refractivity (Wildman–Crippen MR) is 87.5 cm³/mol. The third-order valence-electron chi connectivity index (χ3n) is 3.07. The molecule has 0 fully saturated rings. The van der Waals surface area contributed by atoms with Gasteiger partial charge in [-0.25, -0.2) is 8.42 Å². The van der Waals surface area contributed by atoms with Gasteiger partial charge in [0.05, 0.1) is 18.6 Å². The lowest BCUT2D eigenvalue weighted by Gasteiger charge is -2.18. The van der Waals surface area contributed by atoms with Gasteiger partial charge in [-0.3, -0.25) is 0 Å². The van der Waals surface area contributed by atoms with Gasteiger partial charge < -0.3 is 9.47 Å². The highest BCUT2D eigenvalue weighted by Crippen LogP contribution is 2.31. The fourth-order valence-electron chi connectivity index (χ4n) is 1.89. The fourth-order valence-corrected chi connectivity index (χ4v) is 4.43. The number of ether oxygens (including phenoxy) is 2. The number of rotatable bonds is 6. The highest BCUT2D eigenvalue weighted by atomic mass is 35.5. The minimum absolute atomic E-state index is 0.0690. The third kappa shape index (κ3) is 3.55. The van der Waals surface area contributed by atoms with E-state index in [9.17, 15) is 8.42 Å². The van der Waals surface area contributed by atoms with Crippen LogP contribution < -0.4 is 9.47 Å². The van der Waals surface area contributed by atoms with Gasteiger partial charge in [0.2, 0.25) is 10.0 Å². The summed E-state index contributed by atoms with van der Waals surface area (Å²) in [6.45, 7) is 0.236. The van der Waals surface area contributed by atoms with E-state index in [1.165, 1.54) is 43.0 Å². The van der Waals surface area contributed by atoms with Crippen molar-refractivity contribution in [3.05, 3.63) is 39.5 Å². The second-order valence-electron chi connectivity index (χ2n) is 4.48. The molecule has 0 amide bonds. The average Bonchev–Trinajstić information content (AvgIpc) is 2.91. The van der Waals surface area contributed by atoms with Crippen molar-refractivity contribution in [1.29, 1.82) is 0 Å². The van der Waals surface area contributed by atoms with Crippen molar-refractivity contribution >= 4 is 33.0 Å². The van der Waals surface area contributed by atoms with Crippen LogP contribution in [-0.2, 0) is 16.6 Å². The largest absolute Gasteiger partial charge is 0.497 e. The molecule has 1 heterocycles. The molecule has 0 spiro atoms. The van der Waals surface area contributed by atoms with Crippen LogP contribution in [0.4, 0.5) is 0 Å². The third-order valence-corrected chi connectivity index (χ3v) is 6.11. The molecular weight excluding hydrogens is 346 g/mol. The summed E-state index contributed by atoms with van der Waals surface area (Å²) in [6.07, 6.45) is 0. The SMILES string of the molecule is COc1ccc(OC)c(S(=O)(=O)N(C)Cc2ccc(Cl)s2)c1. The molecule has 1 aromatic heterocycles. The van der Waals surface area contributed by atoms with Crippen LogP contribution in [0.1, 0.15) is 4.88 Å². The summed E-state index contributed by atoms with van der Waals surface area (Å²) >= 11 is 7.22. The number of halogens is 1. The number of methoxy groups -OCH3 is 2. The van der Waals surface area contributed by atoms with Gasteiger partial charge in [0.15, 0.2) is 0 Å². The molecule has 22 heavy (non-hydrogen) atoms. The first kappa shape index (κ1) is 17.1. The summed E-state index contributed by atoms with van der Waals surface area (Å²) in [6, 6.07) is 8.22. The van der Waals surface area contributed by atoms with Gasteiger partial charge in [0.25, 0.3) is 0 Å². The van der Waals surface area contributed by atoms with Crippen molar-refractivity contribution in [1.82, 2.24) is 4.31 Å². The zero-order valence-corrected chi connectivity index (χ0v) is 14.8. The lowest BCUT2D eigenvalue weighted by atomic mass is 10.3. The standard InChI is InChI=1S/C14H16ClNO4S2/c1-16(9-11-5-7-14(15)21-11)22(17,18)13-8-10(19-2)4-6-12(13)20-3/h4-8H,9H2,1-3H3. The van der Waals surface area contributed by atoms with E-state index in [4.69, 9.17) is 21.1 Å². The van der Waals surface area contributed by atoms with Gasteiger partial charge in [-0.05, 0) is 24.3 Å². The van der Waals surface area contributed by atoms with E-state index in [0.717, 1.165) is 4.88 Å². The van der Waals surface area contributed by atoms with E-state index >= 15 is 0 Å². The van der Waals surface area contributed by atoms with Crippen molar-refractivity contribution in [2.45, 2.75) is 11.4 Å². The lowest BCUT2D eigenvalue weighted by molar-refractivity contribution is 0.388. The molecule has 2 aromatic rings. The maximum absolute atomic E-state index is 12.8. The Bertz CT molecular complexity index is 758. The van der Waals surface area contributed by atoms with Crippen LogP contribution in [-0.4, -0.2) is 34.0 Å². The van der Waals surface area contributed by atoms with Gasteiger partial charge in [-0.1, -0.05) is 11.6 Å². The quantitative estimate of drug-likeness (QED) is 0.792. The van der Waals surface area contributed by atoms with Crippen molar-refractivity contribution in [3.63, 3.8) is 0 Å². The first-order valence-electron chi connectivity index (χ1n) is 6.31. The molecule has 5 nitrogen and oxygen atoms in total. The highest BCUT2D eigenvalue weighted by Gasteiger charge is 2.26. The molecule has 0 saturated carbocycles. The van der Waals surface area contributed by atoms with Crippen LogP contribution in [0.15, 0.2) is 35.2 Å². The van der Waals surface area contributed by atoms with Crippen LogP contribution >= 0.6 is 22.9 Å². The molecule has 2 rings (SSSR count). The van der Waals surface area contributed by atoms with Crippen molar-refractivity contribution < 1.29 is 17.9 Å². The molecule has 0 atom stereocenters. The maximum Gasteiger partial charge on any atom is 0.246 e. The Balaban J connectivity index is 2.36. The first-order valence-corrected chi connectivity index (χ1v) is 8.94. The molecule has 8 heteroatoms. The van der Waals surface area contributed by atoms with Crippen LogP contribution in [0, 0.1) is 0 Å². The number of nitrogens with zero attached hydrogens (tertiary/aromatic N) is 1. The van der Waals surface area contributed by atoms with E-state index in [1.807, 2.05) is 6.07 Å².